The minimum atomic E-state index is -0.502. The lowest BCUT2D eigenvalue weighted by molar-refractivity contribution is 0.139. The topological polar surface area (TPSA) is 75.0 Å². The number of carbonyl (C=O) groups is 1. The lowest BCUT2D eigenvalue weighted by Gasteiger charge is -2.05. The van der Waals surface area contributed by atoms with E-state index < -0.39 is 6.09 Å². The smallest absolute Gasteiger partial charge is 0.407 e. The second-order valence-corrected chi connectivity index (χ2v) is 4.60. The van der Waals surface area contributed by atoms with Crippen LogP contribution in [0.5, 0.6) is 0 Å². The summed E-state index contributed by atoms with van der Waals surface area (Å²) in [7, 11) is 0. The second kappa shape index (κ2) is 6.52. The van der Waals surface area contributed by atoms with Gasteiger partial charge in [-0.15, -0.1) is 11.3 Å². The summed E-state index contributed by atoms with van der Waals surface area (Å²) in [5, 5.41) is 13.5. The molecule has 0 saturated heterocycles. The number of alkyl carbamates (subject to hydrolysis) is 1. The number of rotatable bonds is 4. The lowest BCUT2D eigenvalue weighted by atomic mass is 10.2. The lowest BCUT2D eigenvalue weighted by Crippen LogP contribution is -2.23. The molecule has 19 heavy (non-hydrogen) atoms. The van der Waals surface area contributed by atoms with Crippen LogP contribution in [0.1, 0.15) is 16.3 Å². The van der Waals surface area contributed by atoms with Gasteiger partial charge in [-0.05, 0) is 5.56 Å². The van der Waals surface area contributed by atoms with Crippen molar-refractivity contribution in [3.05, 3.63) is 52.0 Å². The first-order valence-corrected chi connectivity index (χ1v) is 6.45. The van der Waals surface area contributed by atoms with Crippen molar-refractivity contribution in [1.82, 2.24) is 10.3 Å². The highest BCUT2D eigenvalue weighted by Crippen LogP contribution is 2.08. The number of benzene rings is 1. The second-order valence-electron chi connectivity index (χ2n) is 3.65. The highest BCUT2D eigenvalue weighted by Gasteiger charge is 2.05. The summed E-state index contributed by atoms with van der Waals surface area (Å²) in [6, 6.07) is 11.4. The number of nitrogens with zero attached hydrogens (tertiary/aromatic N) is 2. The third kappa shape index (κ3) is 4.08. The maximum absolute atomic E-state index is 11.4. The number of hydrogen-bond acceptors (Lipinski definition) is 5. The summed E-state index contributed by atoms with van der Waals surface area (Å²) in [4.78, 5) is 15.5. The van der Waals surface area contributed by atoms with Crippen LogP contribution in [-0.4, -0.2) is 11.1 Å². The van der Waals surface area contributed by atoms with Crippen molar-refractivity contribution in [2.45, 2.75) is 13.2 Å². The highest BCUT2D eigenvalue weighted by molar-refractivity contribution is 7.09. The number of carbonyl (C=O) groups excluding carboxylic acids is 1. The fraction of sp³-hybridized carbons (Fsp3) is 0.154. The minimum Gasteiger partial charge on any atom is -0.445 e. The fourth-order valence-electron chi connectivity index (χ4n) is 1.37. The quantitative estimate of drug-likeness (QED) is 0.928. The number of amides is 1. The highest BCUT2D eigenvalue weighted by atomic mass is 32.1. The van der Waals surface area contributed by atoms with E-state index in [9.17, 15) is 4.79 Å². The third-order valence-corrected chi connectivity index (χ3v) is 3.11. The number of nitrogens with one attached hydrogen (secondary N) is 1. The third-order valence-electron chi connectivity index (χ3n) is 2.26. The van der Waals surface area contributed by atoms with Gasteiger partial charge in [0.15, 0.2) is 5.69 Å². The molecule has 0 aliphatic heterocycles. The Hall–Kier alpha value is -2.39. The standard InChI is InChI=1S/C13H11N3O2S/c14-6-11-9-19-12(16-11)7-15-13(17)18-8-10-4-2-1-3-5-10/h1-5,9H,7-8H2,(H,15,17). The Morgan fingerprint density at radius 1 is 1.42 bits per heavy atom. The summed E-state index contributed by atoms with van der Waals surface area (Å²) in [5.74, 6) is 0. The number of hydrogen-bond donors (Lipinski definition) is 1. The molecular formula is C13H11N3O2S. The molecule has 6 heteroatoms. The van der Waals surface area contributed by atoms with Crippen LogP contribution in [0, 0.1) is 11.3 Å². The number of nitriles is 1. The zero-order chi connectivity index (χ0) is 13.5. The van der Waals surface area contributed by atoms with Crippen LogP contribution in [0.15, 0.2) is 35.7 Å². The Morgan fingerprint density at radius 3 is 2.89 bits per heavy atom. The van der Waals surface area contributed by atoms with Gasteiger partial charge in [0, 0.05) is 5.38 Å². The van der Waals surface area contributed by atoms with Crippen molar-refractivity contribution in [2.24, 2.45) is 0 Å². The van der Waals surface area contributed by atoms with Crippen molar-refractivity contribution >= 4 is 17.4 Å². The molecule has 1 heterocycles. The van der Waals surface area contributed by atoms with Gasteiger partial charge in [0.1, 0.15) is 17.7 Å². The first kappa shape index (κ1) is 13.1. The molecule has 0 saturated carbocycles. The fourth-order valence-corrected chi connectivity index (χ4v) is 2.02. The van der Waals surface area contributed by atoms with Crippen LogP contribution in [-0.2, 0) is 17.9 Å². The first-order valence-electron chi connectivity index (χ1n) is 5.57. The van der Waals surface area contributed by atoms with Gasteiger partial charge in [-0.2, -0.15) is 5.26 Å². The molecule has 2 rings (SSSR count). The molecule has 0 unspecified atom stereocenters. The van der Waals surface area contributed by atoms with E-state index >= 15 is 0 Å². The van der Waals surface area contributed by atoms with Gasteiger partial charge in [-0.1, -0.05) is 30.3 Å². The molecule has 2 aromatic rings. The van der Waals surface area contributed by atoms with Crippen molar-refractivity contribution in [3.63, 3.8) is 0 Å². The van der Waals surface area contributed by atoms with E-state index in [4.69, 9.17) is 10.00 Å². The van der Waals surface area contributed by atoms with E-state index in [0.717, 1.165) is 5.56 Å². The summed E-state index contributed by atoms with van der Waals surface area (Å²) in [5.41, 5.74) is 1.29. The largest absolute Gasteiger partial charge is 0.445 e. The van der Waals surface area contributed by atoms with Crippen molar-refractivity contribution < 1.29 is 9.53 Å². The van der Waals surface area contributed by atoms with Crippen LogP contribution >= 0.6 is 11.3 Å². The molecule has 1 amide bonds. The summed E-state index contributed by atoms with van der Waals surface area (Å²) in [6.07, 6.45) is -0.502. The predicted octanol–water partition coefficient (Wildman–Crippen LogP) is 2.44. The molecule has 1 aromatic carbocycles. The zero-order valence-corrected chi connectivity index (χ0v) is 10.8. The van der Waals surface area contributed by atoms with E-state index in [-0.39, 0.29) is 13.2 Å². The SMILES string of the molecule is N#Cc1csc(CNC(=O)OCc2ccccc2)n1. The molecule has 1 N–H and O–H groups in total. The van der Waals surface area contributed by atoms with E-state index in [0.29, 0.717) is 10.7 Å². The van der Waals surface area contributed by atoms with Gasteiger partial charge in [-0.3, -0.25) is 0 Å². The Morgan fingerprint density at radius 2 is 2.21 bits per heavy atom. The predicted molar refractivity (Wildman–Crippen MR) is 70.3 cm³/mol. The zero-order valence-electron chi connectivity index (χ0n) is 10.00. The number of thiazole rings is 1. The first-order chi connectivity index (χ1) is 9.28. The van der Waals surface area contributed by atoms with Gasteiger partial charge in [0.2, 0.25) is 0 Å². The van der Waals surface area contributed by atoms with Gasteiger partial charge in [0.05, 0.1) is 6.54 Å². The average Bonchev–Trinajstić information content (AvgIpc) is 2.92. The van der Waals surface area contributed by atoms with Gasteiger partial charge < -0.3 is 10.1 Å². The molecule has 0 atom stereocenters. The van der Waals surface area contributed by atoms with Crippen LogP contribution < -0.4 is 5.32 Å². The van der Waals surface area contributed by atoms with Crippen molar-refractivity contribution in [3.8, 4) is 6.07 Å². The van der Waals surface area contributed by atoms with E-state index in [1.807, 2.05) is 36.4 Å². The summed E-state index contributed by atoms with van der Waals surface area (Å²) < 4.78 is 5.04. The van der Waals surface area contributed by atoms with Crippen LogP contribution in [0.25, 0.3) is 0 Å². The van der Waals surface area contributed by atoms with E-state index in [2.05, 4.69) is 10.3 Å². The Labute approximate surface area is 114 Å². The number of aromatic nitrogens is 1. The molecule has 0 spiro atoms. The van der Waals surface area contributed by atoms with Gasteiger partial charge >= 0.3 is 6.09 Å². The molecule has 5 nitrogen and oxygen atoms in total. The van der Waals surface area contributed by atoms with Crippen molar-refractivity contribution in [2.75, 3.05) is 0 Å². The van der Waals surface area contributed by atoms with Gasteiger partial charge in [0.25, 0.3) is 0 Å². The van der Waals surface area contributed by atoms with E-state index in [1.165, 1.54) is 11.3 Å². The Balaban J connectivity index is 1.74. The van der Waals surface area contributed by atoms with Gasteiger partial charge in [-0.25, -0.2) is 9.78 Å². The molecule has 96 valence electrons. The summed E-state index contributed by atoms with van der Waals surface area (Å²) in [6.45, 7) is 0.494. The Kier molecular flexibility index (Phi) is 4.48. The molecule has 0 fully saturated rings. The Bertz CT molecular complexity index is 589. The normalized spacial score (nSPS) is 9.63. The maximum atomic E-state index is 11.4. The maximum Gasteiger partial charge on any atom is 0.407 e. The number of ether oxygens (including phenoxy) is 1. The van der Waals surface area contributed by atoms with E-state index in [1.54, 1.807) is 5.38 Å². The molecule has 0 aliphatic rings. The van der Waals surface area contributed by atoms with Crippen molar-refractivity contribution in [1.29, 1.82) is 5.26 Å². The average molecular weight is 273 g/mol. The summed E-state index contributed by atoms with van der Waals surface area (Å²) >= 11 is 1.33. The monoisotopic (exact) mass is 273 g/mol. The molecular weight excluding hydrogens is 262 g/mol. The van der Waals surface area contributed by atoms with Crippen LogP contribution in [0.4, 0.5) is 4.79 Å². The molecule has 1 aromatic heterocycles. The molecule has 0 bridgehead atoms. The van der Waals surface area contributed by atoms with Crippen LogP contribution in [0.2, 0.25) is 0 Å². The van der Waals surface area contributed by atoms with Crippen LogP contribution in [0.3, 0.4) is 0 Å². The molecule has 0 aliphatic carbocycles. The molecule has 0 radical (unpaired) electrons. The minimum absolute atomic E-state index is 0.230.